The third-order valence-electron chi connectivity index (χ3n) is 3.69. The van der Waals surface area contributed by atoms with Gasteiger partial charge in [0.1, 0.15) is 11.5 Å². The molecule has 0 fully saturated rings. The molecule has 5 nitrogen and oxygen atoms in total. The molecule has 2 rings (SSSR count). The minimum absolute atomic E-state index is 0. The van der Waals surface area contributed by atoms with Crippen molar-refractivity contribution in [2.75, 3.05) is 6.54 Å². The highest BCUT2D eigenvalue weighted by Gasteiger charge is 2.11. The van der Waals surface area contributed by atoms with Crippen LogP contribution in [0.5, 0.6) is 17.2 Å². The second-order valence-electron chi connectivity index (χ2n) is 6.27. The molecular weight excluding hydrogens is 359 g/mol. The van der Waals surface area contributed by atoms with Crippen molar-refractivity contribution in [3.05, 3.63) is 53.3 Å². The van der Waals surface area contributed by atoms with Crippen molar-refractivity contribution in [3.8, 4) is 17.2 Å². The van der Waals surface area contributed by atoms with Gasteiger partial charge < -0.3 is 20.9 Å². The molecule has 0 saturated carbocycles. The highest BCUT2D eigenvalue weighted by atomic mass is 35.5. The predicted octanol–water partition coefficient (Wildman–Crippen LogP) is 3.98. The van der Waals surface area contributed by atoms with Gasteiger partial charge in [0.2, 0.25) is 0 Å². The molecule has 26 heavy (non-hydrogen) atoms. The molecule has 2 aromatic rings. The van der Waals surface area contributed by atoms with Gasteiger partial charge in [-0.25, -0.2) is 4.39 Å². The zero-order chi connectivity index (χ0) is 18.4. The Morgan fingerprint density at radius 3 is 2.58 bits per heavy atom. The lowest BCUT2D eigenvalue weighted by molar-refractivity contribution is 0.0997. The molecule has 7 heteroatoms. The van der Waals surface area contributed by atoms with Crippen molar-refractivity contribution in [2.24, 2.45) is 11.7 Å². The summed E-state index contributed by atoms with van der Waals surface area (Å²) in [5, 5.41) is 13.0. The molecule has 0 aliphatic carbocycles. The fourth-order valence-corrected chi connectivity index (χ4v) is 2.27. The van der Waals surface area contributed by atoms with Crippen LogP contribution in [0.15, 0.2) is 36.4 Å². The van der Waals surface area contributed by atoms with Crippen LogP contribution in [0.3, 0.4) is 0 Å². The summed E-state index contributed by atoms with van der Waals surface area (Å²) in [6, 6.07) is 8.72. The fraction of sp³-hybridized carbons (Fsp3) is 0.316. The first kappa shape index (κ1) is 21.7. The van der Waals surface area contributed by atoms with Crippen LogP contribution in [0.4, 0.5) is 4.39 Å². The van der Waals surface area contributed by atoms with E-state index < -0.39 is 11.7 Å². The highest BCUT2D eigenvalue weighted by molar-refractivity contribution is 5.95. The van der Waals surface area contributed by atoms with Gasteiger partial charge in [0, 0.05) is 12.6 Å². The van der Waals surface area contributed by atoms with Gasteiger partial charge in [-0.3, -0.25) is 4.79 Å². The third-order valence-corrected chi connectivity index (χ3v) is 3.69. The van der Waals surface area contributed by atoms with Crippen molar-refractivity contribution < 1.29 is 19.0 Å². The van der Waals surface area contributed by atoms with Crippen LogP contribution in [-0.4, -0.2) is 17.6 Å². The van der Waals surface area contributed by atoms with Crippen LogP contribution in [-0.2, 0) is 6.54 Å². The molecule has 0 aliphatic rings. The van der Waals surface area contributed by atoms with Gasteiger partial charge in [-0.15, -0.1) is 12.4 Å². The minimum Gasteiger partial charge on any atom is -0.507 e. The van der Waals surface area contributed by atoms with E-state index in [0.717, 1.165) is 18.5 Å². The second kappa shape index (κ2) is 9.99. The molecule has 0 aliphatic heterocycles. The van der Waals surface area contributed by atoms with Crippen molar-refractivity contribution in [2.45, 2.75) is 26.8 Å². The lowest BCUT2D eigenvalue weighted by atomic mass is 10.1. The molecule has 4 N–H and O–H groups in total. The smallest absolute Gasteiger partial charge is 0.252 e. The Morgan fingerprint density at radius 2 is 2.00 bits per heavy atom. The Morgan fingerprint density at radius 1 is 1.27 bits per heavy atom. The van der Waals surface area contributed by atoms with Crippen LogP contribution >= 0.6 is 12.4 Å². The zero-order valence-electron chi connectivity index (χ0n) is 14.8. The summed E-state index contributed by atoms with van der Waals surface area (Å²) in [5.41, 5.74) is 5.92. The van der Waals surface area contributed by atoms with E-state index in [2.05, 4.69) is 19.2 Å². The number of halogens is 2. The Hall–Kier alpha value is -2.31. The number of hydrogen-bond acceptors (Lipinski definition) is 4. The number of ether oxygens (including phenoxy) is 1. The van der Waals surface area contributed by atoms with Crippen molar-refractivity contribution in [3.63, 3.8) is 0 Å². The Balaban J connectivity index is 0.00000338. The Bertz CT molecular complexity index is 754. The topological polar surface area (TPSA) is 84.6 Å². The van der Waals surface area contributed by atoms with Crippen molar-refractivity contribution in [1.29, 1.82) is 0 Å². The number of carbonyl (C=O) groups is 1. The average Bonchev–Trinajstić information content (AvgIpc) is 2.53. The summed E-state index contributed by atoms with van der Waals surface area (Å²) in [6.45, 7) is 5.77. The molecular formula is C19H24ClFN2O3. The number of nitrogens with one attached hydrogen (secondary N) is 1. The molecule has 1 amide bonds. The first-order valence-corrected chi connectivity index (χ1v) is 8.16. The molecule has 0 aromatic heterocycles. The summed E-state index contributed by atoms with van der Waals surface area (Å²) in [6.07, 6.45) is 1.06. The number of benzene rings is 2. The maximum absolute atomic E-state index is 14.2. The standard InChI is InChI=1S/C19H23FN2O3.ClH/c1-12(2)7-8-22-11-13-3-6-18(16(20)9-13)25-14-4-5-15(19(21)24)17(23)10-14;/h3-6,9-10,12,22-23H,7-8,11H2,1-2H3,(H2,21,24);1H. The van der Waals surface area contributed by atoms with Gasteiger partial charge in [0.25, 0.3) is 5.91 Å². The Labute approximate surface area is 158 Å². The molecule has 0 radical (unpaired) electrons. The van der Waals surface area contributed by atoms with Crippen molar-refractivity contribution in [1.82, 2.24) is 5.32 Å². The number of phenols is 1. The number of nitrogens with two attached hydrogens (primary N) is 1. The number of carbonyl (C=O) groups excluding carboxylic acids is 1. The highest BCUT2D eigenvalue weighted by Crippen LogP contribution is 2.29. The molecule has 0 spiro atoms. The average molecular weight is 383 g/mol. The number of amides is 1. The normalized spacial score (nSPS) is 10.5. The maximum atomic E-state index is 14.2. The van der Waals surface area contributed by atoms with Gasteiger partial charge >= 0.3 is 0 Å². The minimum atomic E-state index is -0.746. The number of rotatable bonds is 8. The van der Waals surface area contributed by atoms with E-state index in [1.165, 1.54) is 30.3 Å². The van der Waals surface area contributed by atoms with Crippen LogP contribution < -0.4 is 15.8 Å². The van der Waals surface area contributed by atoms with E-state index in [-0.39, 0.29) is 35.2 Å². The second-order valence-corrected chi connectivity index (χ2v) is 6.27. The van der Waals surface area contributed by atoms with Gasteiger partial charge in [-0.2, -0.15) is 0 Å². The van der Waals surface area contributed by atoms with Crippen LogP contribution in [0, 0.1) is 11.7 Å². The third kappa shape index (κ3) is 6.20. The summed E-state index contributed by atoms with van der Waals surface area (Å²) in [7, 11) is 0. The van der Waals surface area contributed by atoms with E-state index >= 15 is 0 Å². The van der Waals surface area contributed by atoms with E-state index in [1.807, 2.05) is 0 Å². The van der Waals surface area contributed by atoms with E-state index in [0.29, 0.717) is 12.5 Å². The summed E-state index contributed by atoms with van der Waals surface area (Å²) in [5.74, 6) is -0.679. The molecule has 0 atom stereocenters. The zero-order valence-corrected chi connectivity index (χ0v) is 15.6. The Kier molecular flexibility index (Phi) is 8.35. The largest absolute Gasteiger partial charge is 0.507 e. The quantitative estimate of drug-likeness (QED) is 0.603. The predicted molar refractivity (Wildman–Crippen MR) is 102 cm³/mol. The lowest BCUT2D eigenvalue weighted by Crippen LogP contribution is -2.16. The fourth-order valence-electron chi connectivity index (χ4n) is 2.27. The summed E-state index contributed by atoms with van der Waals surface area (Å²) in [4.78, 5) is 11.1. The van der Waals surface area contributed by atoms with E-state index in [9.17, 15) is 14.3 Å². The van der Waals surface area contributed by atoms with Crippen LogP contribution in [0.25, 0.3) is 0 Å². The molecule has 2 aromatic carbocycles. The van der Waals surface area contributed by atoms with E-state index in [1.54, 1.807) is 6.07 Å². The van der Waals surface area contributed by atoms with Gasteiger partial charge in [0.15, 0.2) is 11.6 Å². The maximum Gasteiger partial charge on any atom is 0.252 e. The van der Waals surface area contributed by atoms with Crippen LogP contribution in [0.1, 0.15) is 36.2 Å². The first-order valence-electron chi connectivity index (χ1n) is 8.16. The molecule has 0 heterocycles. The molecule has 0 unspecified atom stereocenters. The molecule has 0 bridgehead atoms. The first-order chi connectivity index (χ1) is 11.9. The van der Waals surface area contributed by atoms with Crippen molar-refractivity contribution >= 4 is 18.3 Å². The monoisotopic (exact) mass is 382 g/mol. The lowest BCUT2D eigenvalue weighted by Gasteiger charge is -2.11. The number of hydrogen-bond donors (Lipinski definition) is 3. The molecule has 142 valence electrons. The van der Waals surface area contributed by atoms with Gasteiger partial charge in [0.05, 0.1) is 5.56 Å². The van der Waals surface area contributed by atoms with Crippen LogP contribution in [0.2, 0.25) is 0 Å². The number of aromatic hydroxyl groups is 1. The number of primary amides is 1. The molecule has 0 saturated heterocycles. The van der Waals surface area contributed by atoms with E-state index in [4.69, 9.17) is 10.5 Å². The van der Waals surface area contributed by atoms with Gasteiger partial charge in [-0.05, 0) is 48.7 Å². The summed E-state index contributed by atoms with van der Waals surface area (Å²) < 4.78 is 19.6. The SMILES string of the molecule is CC(C)CCNCc1ccc(Oc2ccc(C(N)=O)c(O)c2)c(F)c1.Cl. The summed E-state index contributed by atoms with van der Waals surface area (Å²) >= 11 is 0. The van der Waals surface area contributed by atoms with Gasteiger partial charge in [-0.1, -0.05) is 19.9 Å².